The smallest absolute Gasteiger partial charge is 0.265 e. The van der Waals surface area contributed by atoms with Crippen LogP contribution in [0.5, 0.6) is 17.2 Å². The van der Waals surface area contributed by atoms with Gasteiger partial charge in [0.25, 0.3) is 5.91 Å². The highest BCUT2D eigenvalue weighted by Crippen LogP contribution is 2.36. The van der Waals surface area contributed by atoms with Gasteiger partial charge >= 0.3 is 0 Å². The Labute approximate surface area is 163 Å². The van der Waals surface area contributed by atoms with E-state index in [0.717, 1.165) is 5.56 Å². The predicted molar refractivity (Wildman–Crippen MR) is 104 cm³/mol. The molecule has 0 fully saturated rings. The Morgan fingerprint density at radius 2 is 1.77 bits per heavy atom. The van der Waals surface area contributed by atoms with Crippen LogP contribution in [0, 0.1) is 6.92 Å². The summed E-state index contributed by atoms with van der Waals surface area (Å²) < 4.78 is 16.3. The van der Waals surface area contributed by atoms with E-state index in [2.05, 4.69) is 5.32 Å². The standard InChI is InChI=1S/C19H21Cl2NO4/c1-5-16(26-12-6-7-13(20)11(2)8-12)19(23)22-15-10-17(24-3)14(21)9-18(15)25-4/h6-10,16H,5H2,1-4H3,(H,22,23). The van der Waals surface area contributed by atoms with Crippen molar-refractivity contribution in [2.24, 2.45) is 0 Å². The maximum absolute atomic E-state index is 12.7. The minimum Gasteiger partial charge on any atom is -0.495 e. The number of halogens is 2. The lowest BCUT2D eigenvalue weighted by Gasteiger charge is -2.19. The first kappa shape index (κ1) is 20.2. The number of aryl methyl sites for hydroxylation is 1. The average Bonchev–Trinajstić information content (AvgIpc) is 2.63. The van der Waals surface area contributed by atoms with Crippen molar-refractivity contribution >= 4 is 34.8 Å². The number of rotatable bonds is 7. The second-order valence-electron chi connectivity index (χ2n) is 5.60. The molecule has 0 aliphatic heterocycles. The van der Waals surface area contributed by atoms with Gasteiger partial charge in [-0.25, -0.2) is 0 Å². The van der Waals surface area contributed by atoms with Crippen LogP contribution < -0.4 is 19.5 Å². The molecule has 0 saturated carbocycles. The Morgan fingerprint density at radius 1 is 1.08 bits per heavy atom. The third kappa shape index (κ3) is 4.74. The summed E-state index contributed by atoms with van der Waals surface area (Å²) in [6.45, 7) is 3.74. The van der Waals surface area contributed by atoms with Gasteiger partial charge in [0.05, 0.1) is 24.9 Å². The fraction of sp³-hybridized carbons (Fsp3) is 0.316. The van der Waals surface area contributed by atoms with Crippen LogP contribution in [0.3, 0.4) is 0 Å². The van der Waals surface area contributed by atoms with Gasteiger partial charge < -0.3 is 19.5 Å². The minimum absolute atomic E-state index is 0.303. The van der Waals surface area contributed by atoms with Gasteiger partial charge in [-0.2, -0.15) is 0 Å². The maximum Gasteiger partial charge on any atom is 0.265 e. The first-order chi connectivity index (χ1) is 12.4. The van der Waals surface area contributed by atoms with E-state index < -0.39 is 6.10 Å². The highest BCUT2D eigenvalue weighted by Gasteiger charge is 2.21. The van der Waals surface area contributed by atoms with Gasteiger partial charge in [-0.05, 0) is 37.1 Å². The molecule has 26 heavy (non-hydrogen) atoms. The lowest BCUT2D eigenvalue weighted by atomic mass is 10.2. The number of nitrogens with one attached hydrogen (secondary N) is 1. The summed E-state index contributed by atoms with van der Waals surface area (Å²) in [6.07, 6.45) is -0.192. The molecule has 1 atom stereocenters. The molecule has 2 aromatic rings. The van der Waals surface area contributed by atoms with Gasteiger partial charge in [0.2, 0.25) is 0 Å². The fourth-order valence-corrected chi connectivity index (χ4v) is 2.70. The van der Waals surface area contributed by atoms with Gasteiger partial charge in [0.1, 0.15) is 17.2 Å². The van der Waals surface area contributed by atoms with Gasteiger partial charge in [0.15, 0.2) is 6.10 Å². The number of methoxy groups -OCH3 is 2. The lowest BCUT2D eigenvalue weighted by molar-refractivity contribution is -0.122. The molecule has 0 heterocycles. The molecule has 0 aliphatic rings. The number of ether oxygens (including phenoxy) is 3. The molecule has 1 unspecified atom stereocenters. The summed E-state index contributed by atoms with van der Waals surface area (Å²) in [4.78, 5) is 12.7. The number of carbonyl (C=O) groups is 1. The van der Waals surface area contributed by atoms with Gasteiger partial charge in [-0.1, -0.05) is 30.1 Å². The highest BCUT2D eigenvalue weighted by atomic mass is 35.5. The third-order valence-electron chi connectivity index (χ3n) is 3.80. The molecular formula is C19H21Cl2NO4. The lowest BCUT2D eigenvalue weighted by Crippen LogP contribution is -2.32. The van der Waals surface area contributed by atoms with Crippen molar-refractivity contribution in [1.82, 2.24) is 0 Å². The van der Waals surface area contributed by atoms with Crippen molar-refractivity contribution in [3.05, 3.63) is 45.9 Å². The van der Waals surface area contributed by atoms with E-state index in [4.69, 9.17) is 37.4 Å². The zero-order valence-electron chi connectivity index (χ0n) is 15.1. The zero-order chi connectivity index (χ0) is 19.3. The van der Waals surface area contributed by atoms with Gasteiger partial charge in [-0.15, -0.1) is 0 Å². The molecule has 140 valence electrons. The number of carbonyl (C=O) groups excluding carboxylic acids is 1. The van der Waals surface area contributed by atoms with Crippen LogP contribution in [-0.2, 0) is 4.79 Å². The topological polar surface area (TPSA) is 56.8 Å². The molecule has 2 rings (SSSR count). The Kier molecular flexibility index (Phi) is 7.00. The molecule has 0 aliphatic carbocycles. The Hall–Kier alpha value is -2.11. The van der Waals surface area contributed by atoms with Crippen LogP contribution in [0.15, 0.2) is 30.3 Å². The molecule has 1 amide bonds. The van der Waals surface area contributed by atoms with E-state index in [1.807, 2.05) is 13.8 Å². The van der Waals surface area contributed by atoms with Crippen LogP contribution >= 0.6 is 23.2 Å². The molecule has 5 nitrogen and oxygen atoms in total. The monoisotopic (exact) mass is 397 g/mol. The molecule has 0 aromatic heterocycles. The number of anilines is 1. The summed E-state index contributed by atoms with van der Waals surface area (Å²) in [5.41, 5.74) is 1.33. The van der Waals surface area contributed by atoms with Crippen LogP contribution in [0.4, 0.5) is 5.69 Å². The molecule has 2 aromatic carbocycles. The molecule has 0 saturated heterocycles. The Balaban J connectivity index is 2.19. The normalized spacial score (nSPS) is 11.6. The maximum atomic E-state index is 12.7. The van der Waals surface area contributed by atoms with Crippen molar-refractivity contribution in [2.75, 3.05) is 19.5 Å². The number of hydrogen-bond acceptors (Lipinski definition) is 4. The predicted octanol–water partition coefficient (Wildman–Crippen LogP) is 5.12. The first-order valence-electron chi connectivity index (χ1n) is 8.04. The van der Waals surface area contributed by atoms with Crippen LogP contribution in [0.1, 0.15) is 18.9 Å². The summed E-state index contributed by atoms with van der Waals surface area (Å²) >= 11 is 12.1. The number of hydrogen-bond donors (Lipinski definition) is 1. The molecule has 0 spiro atoms. The van der Waals surface area contributed by atoms with E-state index in [-0.39, 0.29) is 5.91 Å². The third-order valence-corrected chi connectivity index (χ3v) is 4.52. The van der Waals surface area contributed by atoms with E-state index in [9.17, 15) is 4.79 Å². The van der Waals surface area contributed by atoms with Gasteiger partial charge in [0, 0.05) is 17.2 Å². The summed E-state index contributed by atoms with van der Waals surface area (Å²) in [5, 5.41) is 3.84. The molecule has 7 heteroatoms. The largest absolute Gasteiger partial charge is 0.495 e. The second-order valence-corrected chi connectivity index (χ2v) is 6.42. The fourth-order valence-electron chi connectivity index (χ4n) is 2.35. The van der Waals surface area contributed by atoms with E-state index in [1.165, 1.54) is 14.2 Å². The molecule has 1 N–H and O–H groups in total. The van der Waals surface area contributed by atoms with Crippen molar-refractivity contribution in [3.63, 3.8) is 0 Å². The zero-order valence-corrected chi connectivity index (χ0v) is 16.6. The minimum atomic E-state index is -0.679. The second kappa shape index (κ2) is 9.01. The van der Waals surface area contributed by atoms with Gasteiger partial charge in [-0.3, -0.25) is 4.79 Å². The van der Waals surface area contributed by atoms with E-state index >= 15 is 0 Å². The van der Waals surface area contributed by atoms with Crippen molar-refractivity contribution in [3.8, 4) is 17.2 Å². The Bertz CT molecular complexity index is 795. The number of benzene rings is 2. The van der Waals surface area contributed by atoms with Crippen LogP contribution in [0.2, 0.25) is 10.0 Å². The molecular weight excluding hydrogens is 377 g/mol. The van der Waals surface area contributed by atoms with Crippen molar-refractivity contribution < 1.29 is 19.0 Å². The van der Waals surface area contributed by atoms with E-state index in [1.54, 1.807) is 30.3 Å². The quantitative estimate of drug-likeness (QED) is 0.704. The highest BCUT2D eigenvalue weighted by molar-refractivity contribution is 6.32. The van der Waals surface area contributed by atoms with Crippen molar-refractivity contribution in [1.29, 1.82) is 0 Å². The SMILES string of the molecule is CCC(Oc1ccc(Cl)c(C)c1)C(=O)Nc1cc(OC)c(Cl)cc1OC. The molecule has 0 radical (unpaired) electrons. The number of amides is 1. The first-order valence-corrected chi connectivity index (χ1v) is 8.80. The Morgan fingerprint density at radius 3 is 2.35 bits per heavy atom. The van der Waals surface area contributed by atoms with E-state index in [0.29, 0.717) is 39.4 Å². The summed E-state index contributed by atoms with van der Waals surface area (Å²) in [7, 11) is 3.00. The summed E-state index contributed by atoms with van der Waals surface area (Å²) in [6, 6.07) is 8.46. The average molecular weight is 398 g/mol. The van der Waals surface area contributed by atoms with Crippen LogP contribution in [-0.4, -0.2) is 26.2 Å². The molecule has 0 bridgehead atoms. The van der Waals surface area contributed by atoms with Crippen molar-refractivity contribution in [2.45, 2.75) is 26.4 Å². The van der Waals surface area contributed by atoms with Crippen LogP contribution in [0.25, 0.3) is 0 Å². The summed E-state index contributed by atoms with van der Waals surface area (Å²) in [5.74, 6) is 1.14.